The van der Waals surface area contributed by atoms with E-state index < -0.39 is 0 Å². The molecule has 0 saturated heterocycles. The van der Waals surface area contributed by atoms with Crippen molar-refractivity contribution in [2.75, 3.05) is 0 Å². The first-order valence-corrected chi connectivity index (χ1v) is 11.1. The summed E-state index contributed by atoms with van der Waals surface area (Å²) in [6, 6.07) is 33.6. The Morgan fingerprint density at radius 1 is 0.667 bits per heavy atom. The van der Waals surface area contributed by atoms with E-state index in [-0.39, 0.29) is 17.7 Å². The van der Waals surface area contributed by atoms with Crippen LogP contribution < -0.4 is 0 Å². The molecular formula is C30H27F2N. The van der Waals surface area contributed by atoms with E-state index in [1.807, 2.05) is 48.5 Å². The minimum absolute atomic E-state index is 0.00643. The average molecular weight is 440 g/mol. The summed E-state index contributed by atoms with van der Waals surface area (Å²) in [7, 11) is 0. The molecule has 0 fully saturated rings. The Hall–Kier alpha value is -3.56. The second kappa shape index (κ2) is 10.8. The molecule has 4 rings (SSSR count). The van der Waals surface area contributed by atoms with Crippen molar-refractivity contribution in [3.8, 4) is 0 Å². The quantitative estimate of drug-likeness (QED) is 0.275. The minimum Gasteiger partial charge on any atom is -0.289 e. The van der Waals surface area contributed by atoms with Gasteiger partial charge >= 0.3 is 0 Å². The average Bonchev–Trinajstić information content (AvgIpc) is 2.83. The fourth-order valence-electron chi connectivity index (χ4n) is 4.00. The van der Waals surface area contributed by atoms with E-state index in [0.717, 1.165) is 29.8 Å². The molecule has 1 unspecified atom stereocenters. The summed E-state index contributed by atoms with van der Waals surface area (Å²) in [5.74, 6) is -0.624. The molecule has 0 bridgehead atoms. The summed E-state index contributed by atoms with van der Waals surface area (Å²) in [4.78, 5) is 2.36. The first-order chi connectivity index (χ1) is 16.1. The Morgan fingerprint density at radius 2 is 1.12 bits per heavy atom. The number of rotatable bonds is 8. The van der Waals surface area contributed by atoms with Gasteiger partial charge in [-0.15, -0.1) is 0 Å². The summed E-state index contributed by atoms with van der Waals surface area (Å²) >= 11 is 0. The van der Waals surface area contributed by atoms with Gasteiger partial charge in [-0.1, -0.05) is 91.0 Å². The molecule has 0 aliphatic rings. The maximum absolute atomic E-state index is 14.1. The third kappa shape index (κ3) is 6.24. The summed E-state index contributed by atoms with van der Waals surface area (Å²) in [5, 5.41) is 0. The third-order valence-corrected chi connectivity index (χ3v) is 5.71. The predicted molar refractivity (Wildman–Crippen MR) is 131 cm³/mol. The van der Waals surface area contributed by atoms with E-state index in [1.165, 1.54) is 35.4 Å². The number of halogens is 2. The van der Waals surface area contributed by atoms with Gasteiger partial charge < -0.3 is 0 Å². The first-order valence-electron chi connectivity index (χ1n) is 11.1. The van der Waals surface area contributed by atoms with Crippen molar-refractivity contribution in [1.82, 2.24) is 4.90 Å². The van der Waals surface area contributed by atoms with E-state index in [2.05, 4.69) is 42.2 Å². The fraction of sp³-hybridized carbons (Fsp3) is 0.133. The van der Waals surface area contributed by atoms with Crippen LogP contribution in [0.25, 0.3) is 5.57 Å². The summed E-state index contributed by atoms with van der Waals surface area (Å²) in [5.41, 5.74) is 4.70. The zero-order chi connectivity index (χ0) is 23.0. The van der Waals surface area contributed by atoms with E-state index in [4.69, 9.17) is 0 Å². The smallest absolute Gasteiger partial charge is 0.123 e. The molecule has 0 aliphatic heterocycles. The largest absolute Gasteiger partial charge is 0.289 e. The SMILES string of the molecule is CC(C=C(c1cccc(F)c1)c1cccc(F)c1)N(Cc1ccccc1)Cc1ccccc1. The van der Waals surface area contributed by atoms with Crippen LogP contribution in [0.1, 0.15) is 29.2 Å². The zero-order valence-electron chi connectivity index (χ0n) is 18.7. The van der Waals surface area contributed by atoms with Gasteiger partial charge in [0.25, 0.3) is 0 Å². The molecular weight excluding hydrogens is 412 g/mol. The normalized spacial score (nSPS) is 11.9. The Balaban J connectivity index is 1.73. The van der Waals surface area contributed by atoms with E-state index >= 15 is 0 Å². The molecule has 0 radical (unpaired) electrons. The van der Waals surface area contributed by atoms with Gasteiger partial charge in [-0.25, -0.2) is 8.78 Å². The zero-order valence-corrected chi connectivity index (χ0v) is 18.7. The molecule has 0 amide bonds. The lowest BCUT2D eigenvalue weighted by molar-refractivity contribution is 0.223. The topological polar surface area (TPSA) is 3.24 Å². The van der Waals surface area contributed by atoms with Crippen LogP contribution in [0.4, 0.5) is 8.78 Å². The number of benzene rings is 4. The Morgan fingerprint density at radius 3 is 1.55 bits per heavy atom. The van der Waals surface area contributed by atoms with Gasteiger partial charge in [0, 0.05) is 19.1 Å². The second-order valence-corrected chi connectivity index (χ2v) is 8.22. The Kier molecular flexibility index (Phi) is 7.43. The Bertz CT molecular complexity index is 1110. The number of nitrogens with zero attached hydrogens (tertiary/aromatic N) is 1. The van der Waals surface area contributed by atoms with E-state index in [0.29, 0.717) is 0 Å². The van der Waals surface area contributed by atoms with Crippen LogP contribution in [0.5, 0.6) is 0 Å². The molecule has 0 saturated carbocycles. The molecule has 4 aromatic rings. The number of hydrogen-bond donors (Lipinski definition) is 0. The lowest BCUT2D eigenvalue weighted by Gasteiger charge is -2.28. The monoisotopic (exact) mass is 439 g/mol. The highest BCUT2D eigenvalue weighted by Crippen LogP contribution is 2.27. The standard InChI is InChI=1S/C30H27F2N/c1-23(33(21-24-10-4-2-5-11-24)22-25-12-6-3-7-13-25)18-30(26-14-8-16-28(31)19-26)27-15-9-17-29(32)20-27/h2-20,23H,21-22H2,1H3. The minimum atomic E-state index is -0.312. The van der Waals surface area contributed by atoms with Gasteiger partial charge in [0.15, 0.2) is 0 Å². The van der Waals surface area contributed by atoms with Gasteiger partial charge in [-0.05, 0) is 59.0 Å². The molecule has 33 heavy (non-hydrogen) atoms. The Labute approximate surface area is 194 Å². The van der Waals surface area contributed by atoms with Gasteiger partial charge in [-0.3, -0.25) is 4.90 Å². The molecule has 0 heterocycles. The van der Waals surface area contributed by atoms with E-state index in [1.54, 1.807) is 12.1 Å². The summed E-state index contributed by atoms with van der Waals surface area (Å²) < 4.78 is 28.2. The van der Waals surface area contributed by atoms with Crippen molar-refractivity contribution >= 4 is 5.57 Å². The van der Waals surface area contributed by atoms with Crippen LogP contribution in [0.15, 0.2) is 115 Å². The maximum Gasteiger partial charge on any atom is 0.123 e. The molecule has 4 aromatic carbocycles. The third-order valence-electron chi connectivity index (χ3n) is 5.71. The second-order valence-electron chi connectivity index (χ2n) is 8.22. The summed E-state index contributed by atoms with van der Waals surface area (Å²) in [6.07, 6.45) is 2.11. The number of hydrogen-bond acceptors (Lipinski definition) is 1. The van der Waals surface area contributed by atoms with Crippen molar-refractivity contribution < 1.29 is 8.78 Å². The molecule has 0 aliphatic carbocycles. The molecule has 0 spiro atoms. The van der Waals surface area contributed by atoms with Crippen LogP contribution in [-0.4, -0.2) is 10.9 Å². The van der Waals surface area contributed by atoms with Gasteiger partial charge in [-0.2, -0.15) is 0 Å². The van der Waals surface area contributed by atoms with Crippen molar-refractivity contribution in [3.05, 3.63) is 149 Å². The van der Waals surface area contributed by atoms with Gasteiger partial charge in [0.1, 0.15) is 11.6 Å². The van der Waals surface area contributed by atoms with Gasteiger partial charge in [0.2, 0.25) is 0 Å². The fourth-order valence-corrected chi connectivity index (χ4v) is 4.00. The molecule has 1 nitrogen and oxygen atoms in total. The highest BCUT2D eigenvalue weighted by atomic mass is 19.1. The first kappa shape index (κ1) is 22.6. The lowest BCUT2D eigenvalue weighted by Crippen LogP contribution is -2.31. The van der Waals surface area contributed by atoms with Crippen molar-refractivity contribution in [1.29, 1.82) is 0 Å². The predicted octanol–water partition coefficient (Wildman–Crippen LogP) is 7.49. The molecule has 0 aromatic heterocycles. The highest BCUT2D eigenvalue weighted by molar-refractivity contribution is 5.80. The molecule has 166 valence electrons. The molecule has 3 heteroatoms. The molecule has 1 atom stereocenters. The lowest BCUT2D eigenvalue weighted by atomic mass is 9.95. The summed E-state index contributed by atoms with van der Waals surface area (Å²) in [6.45, 7) is 3.64. The van der Waals surface area contributed by atoms with Crippen LogP contribution in [-0.2, 0) is 13.1 Å². The van der Waals surface area contributed by atoms with Crippen LogP contribution in [0.2, 0.25) is 0 Å². The maximum atomic E-state index is 14.1. The highest BCUT2D eigenvalue weighted by Gasteiger charge is 2.16. The van der Waals surface area contributed by atoms with E-state index in [9.17, 15) is 8.78 Å². The van der Waals surface area contributed by atoms with Crippen molar-refractivity contribution in [2.24, 2.45) is 0 Å². The van der Waals surface area contributed by atoms with Crippen LogP contribution in [0.3, 0.4) is 0 Å². The van der Waals surface area contributed by atoms with Crippen LogP contribution >= 0.6 is 0 Å². The van der Waals surface area contributed by atoms with Crippen molar-refractivity contribution in [2.45, 2.75) is 26.1 Å². The molecule has 0 N–H and O–H groups in total. The van der Waals surface area contributed by atoms with Gasteiger partial charge in [0.05, 0.1) is 0 Å². The van der Waals surface area contributed by atoms with Crippen LogP contribution in [0, 0.1) is 11.6 Å². The van der Waals surface area contributed by atoms with Crippen molar-refractivity contribution in [3.63, 3.8) is 0 Å².